The van der Waals surface area contributed by atoms with Crippen molar-refractivity contribution < 1.29 is 44.7 Å². The van der Waals surface area contributed by atoms with Gasteiger partial charge in [-0.15, -0.1) is 0 Å². The summed E-state index contributed by atoms with van der Waals surface area (Å²) in [5, 5.41) is 6.17. The van der Waals surface area contributed by atoms with Gasteiger partial charge in [-0.05, 0) is 52.9 Å². The predicted octanol–water partition coefficient (Wildman–Crippen LogP) is 4.41. The van der Waals surface area contributed by atoms with Gasteiger partial charge in [-0.1, -0.05) is 66.7 Å². The summed E-state index contributed by atoms with van der Waals surface area (Å²) < 4.78 is 88.1. The monoisotopic (exact) mass is 701 g/mol. The lowest BCUT2D eigenvalue weighted by Gasteiger charge is -2.18. The maximum absolute atomic E-state index is 13.5. The van der Waals surface area contributed by atoms with Crippen molar-refractivity contribution in [1.82, 2.24) is 24.4 Å². The molecule has 48 heavy (non-hydrogen) atoms. The maximum atomic E-state index is 13.5. The molecule has 2 aromatic heterocycles. The normalized spacial score (nSPS) is 16.5. The Balaban J connectivity index is 0.000000582. The van der Waals surface area contributed by atoms with Crippen LogP contribution in [0.5, 0.6) is 0 Å². The van der Waals surface area contributed by atoms with Gasteiger partial charge in [0.15, 0.2) is 5.65 Å². The molecule has 5 aromatic rings. The standard InChI is InChI=1S/C29H25N5O5S2.C2HF3O2/c35-27-18-26(41(38,39)34-27)22-10-8-19(9-11-22)17-25(29-31-24-7-4-16-30-28(24)32-29)33-40(36,37)23-14-12-21(13-15-23)20-5-2-1-3-6-20;3-2(4,5)1(6)7/h1-16,25-26,33H,17-18H2,(H,34,35)(H,30,31,32);(H,6,7)/t25-,26?;/m0./s1. The molecule has 0 aliphatic carbocycles. The number of halogens is 3. The SMILES string of the molecule is O=C(O)C(F)(F)F.O=C1CC(c2ccc(C[C@H](NS(=O)(=O)c3ccc(-c4ccccc4)cc3)c3nc4cccnc4[nH]3)cc2)S(=O)(=O)N1. The molecule has 1 saturated heterocycles. The van der Waals surface area contributed by atoms with Crippen LogP contribution in [0.4, 0.5) is 13.2 Å². The Morgan fingerprint density at radius 2 is 1.58 bits per heavy atom. The van der Waals surface area contributed by atoms with Crippen LogP contribution in [0.3, 0.4) is 0 Å². The molecule has 4 N–H and O–H groups in total. The van der Waals surface area contributed by atoms with Crippen LogP contribution in [-0.2, 0) is 36.1 Å². The zero-order valence-corrected chi connectivity index (χ0v) is 26.2. The van der Waals surface area contributed by atoms with Gasteiger partial charge in [0.2, 0.25) is 26.0 Å². The second kappa shape index (κ2) is 13.5. The van der Waals surface area contributed by atoms with Crippen molar-refractivity contribution in [3.63, 3.8) is 0 Å². The van der Waals surface area contributed by atoms with E-state index in [1.54, 1.807) is 66.9 Å². The van der Waals surface area contributed by atoms with Crippen molar-refractivity contribution in [2.24, 2.45) is 0 Å². The van der Waals surface area contributed by atoms with Crippen molar-refractivity contribution in [3.05, 3.63) is 114 Å². The number of rotatable bonds is 8. The lowest BCUT2D eigenvalue weighted by molar-refractivity contribution is -0.192. The number of H-pyrrole nitrogens is 1. The molecule has 250 valence electrons. The van der Waals surface area contributed by atoms with Crippen LogP contribution < -0.4 is 9.44 Å². The van der Waals surface area contributed by atoms with Crippen LogP contribution >= 0.6 is 0 Å². The lowest BCUT2D eigenvalue weighted by Crippen LogP contribution is -2.31. The number of carbonyl (C=O) groups excluding carboxylic acids is 1. The van der Waals surface area contributed by atoms with Gasteiger partial charge < -0.3 is 10.1 Å². The number of amides is 1. The second-order valence-corrected chi connectivity index (χ2v) is 14.1. The number of hydrogen-bond acceptors (Lipinski definition) is 8. The number of aliphatic carboxylic acids is 1. The number of aromatic amines is 1. The van der Waals surface area contributed by atoms with Gasteiger partial charge in [-0.3, -0.25) is 9.52 Å². The van der Waals surface area contributed by atoms with E-state index >= 15 is 0 Å². The molecule has 0 bridgehead atoms. The Morgan fingerprint density at radius 1 is 0.958 bits per heavy atom. The highest BCUT2D eigenvalue weighted by Gasteiger charge is 2.39. The summed E-state index contributed by atoms with van der Waals surface area (Å²) in [6, 6.07) is 25.8. The average molecular weight is 702 g/mol. The Labute approximate surface area is 272 Å². The van der Waals surface area contributed by atoms with Crippen molar-refractivity contribution in [2.45, 2.75) is 35.2 Å². The van der Waals surface area contributed by atoms with Gasteiger partial charge >= 0.3 is 12.1 Å². The molecule has 3 aromatic carbocycles. The van der Waals surface area contributed by atoms with Gasteiger partial charge in [0.05, 0.1) is 17.4 Å². The number of fused-ring (bicyclic) bond motifs is 1. The van der Waals surface area contributed by atoms with E-state index in [1.807, 2.05) is 35.1 Å². The van der Waals surface area contributed by atoms with E-state index in [0.717, 1.165) is 16.7 Å². The third-order valence-corrected chi connectivity index (χ3v) is 10.4. The third kappa shape index (κ3) is 8.04. The van der Waals surface area contributed by atoms with E-state index in [0.29, 0.717) is 22.6 Å². The van der Waals surface area contributed by atoms with Gasteiger partial charge in [-0.25, -0.2) is 36.3 Å². The van der Waals surface area contributed by atoms with E-state index in [1.165, 1.54) is 0 Å². The summed E-state index contributed by atoms with van der Waals surface area (Å²) in [5.41, 5.74) is 4.21. The summed E-state index contributed by atoms with van der Waals surface area (Å²) in [5.74, 6) is -2.91. The van der Waals surface area contributed by atoms with Crippen molar-refractivity contribution in [1.29, 1.82) is 0 Å². The first kappa shape index (κ1) is 34.2. The van der Waals surface area contributed by atoms with E-state index in [9.17, 15) is 34.8 Å². The minimum Gasteiger partial charge on any atom is -0.475 e. The van der Waals surface area contributed by atoms with E-state index in [2.05, 4.69) is 19.7 Å². The number of carbonyl (C=O) groups is 2. The topological polar surface area (TPSA) is 188 Å². The van der Waals surface area contributed by atoms with Crippen molar-refractivity contribution >= 4 is 43.1 Å². The van der Waals surface area contributed by atoms with Crippen LogP contribution in [0.25, 0.3) is 22.3 Å². The van der Waals surface area contributed by atoms with Crippen LogP contribution in [0.2, 0.25) is 0 Å². The van der Waals surface area contributed by atoms with Crippen LogP contribution in [-0.4, -0.2) is 54.9 Å². The molecule has 0 radical (unpaired) electrons. The fraction of sp³-hybridized carbons (Fsp3) is 0.161. The highest BCUT2D eigenvalue weighted by Crippen LogP contribution is 2.31. The predicted molar refractivity (Wildman–Crippen MR) is 167 cm³/mol. The Kier molecular flexibility index (Phi) is 9.65. The molecule has 2 atom stereocenters. The maximum Gasteiger partial charge on any atom is 0.490 e. The van der Waals surface area contributed by atoms with E-state index < -0.39 is 49.4 Å². The molecule has 12 nitrogen and oxygen atoms in total. The number of nitrogens with one attached hydrogen (secondary N) is 3. The first-order chi connectivity index (χ1) is 22.6. The molecule has 1 unspecified atom stereocenters. The Morgan fingerprint density at radius 3 is 2.15 bits per heavy atom. The first-order valence-corrected chi connectivity index (χ1v) is 17.1. The number of pyridine rings is 1. The molecule has 1 amide bonds. The first-order valence-electron chi connectivity index (χ1n) is 14.0. The molecule has 1 fully saturated rings. The average Bonchev–Trinajstić information content (AvgIpc) is 3.60. The minimum absolute atomic E-state index is 0.107. The lowest BCUT2D eigenvalue weighted by atomic mass is 10.0. The number of hydrogen-bond donors (Lipinski definition) is 4. The summed E-state index contributed by atoms with van der Waals surface area (Å²) in [6.45, 7) is 0. The fourth-order valence-corrected chi connectivity index (χ4v) is 7.51. The van der Waals surface area contributed by atoms with Crippen molar-refractivity contribution in [3.8, 4) is 11.1 Å². The molecular weight excluding hydrogens is 675 g/mol. The summed E-state index contributed by atoms with van der Waals surface area (Å²) in [7, 11) is -7.73. The molecule has 17 heteroatoms. The number of imidazole rings is 1. The number of benzene rings is 3. The quantitative estimate of drug-likeness (QED) is 0.182. The van der Waals surface area contributed by atoms with Gasteiger partial charge in [-0.2, -0.15) is 13.2 Å². The summed E-state index contributed by atoms with van der Waals surface area (Å²) in [6.07, 6.45) is -3.39. The zero-order valence-electron chi connectivity index (χ0n) is 24.5. The Hall–Kier alpha value is -5.13. The number of sulfonamides is 2. The Bertz CT molecular complexity index is 2130. The fourth-order valence-electron chi connectivity index (χ4n) is 4.88. The van der Waals surface area contributed by atoms with Gasteiger partial charge in [0, 0.05) is 6.20 Å². The molecule has 1 aliphatic rings. The highest BCUT2D eigenvalue weighted by molar-refractivity contribution is 7.90. The number of aromatic nitrogens is 3. The summed E-state index contributed by atoms with van der Waals surface area (Å²) in [4.78, 5) is 32.6. The van der Waals surface area contributed by atoms with Crippen molar-refractivity contribution in [2.75, 3.05) is 0 Å². The van der Waals surface area contributed by atoms with Gasteiger partial charge in [0.1, 0.15) is 16.6 Å². The van der Waals surface area contributed by atoms with E-state index in [4.69, 9.17) is 9.90 Å². The number of alkyl halides is 3. The summed E-state index contributed by atoms with van der Waals surface area (Å²) >= 11 is 0. The molecule has 3 heterocycles. The number of nitrogens with zero attached hydrogens (tertiary/aromatic N) is 2. The molecular formula is C31H26F3N5O7S2. The number of carboxylic acids is 1. The second-order valence-electron chi connectivity index (χ2n) is 10.6. The van der Waals surface area contributed by atoms with Gasteiger partial charge in [0.25, 0.3) is 0 Å². The molecule has 1 aliphatic heterocycles. The third-order valence-electron chi connectivity index (χ3n) is 7.21. The number of carboxylic acid groups (broad SMARTS) is 1. The largest absolute Gasteiger partial charge is 0.490 e. The molecule has 6 rings (SSSR count). The van der Waals surface area contributed by atoms with E-state index in [-0.39, 0.29) is 17.7 Å². The van der Waals surface area contributed by atoms with Crippen LogP contribution in [0, 0.1) is 0 Å². The highest BCUT2D eigenvalue weighted by atomic mass is 32.2. The van der Waals surface area contributed by atoms with Crippen LogP contribution in [0.1, 0.15) is 34.7 Å². The van der Waals surface area contributed by atoms with Crippen LogP contribution in [0.15, 0.2) is 102 Å². The molecule has 0 saturated carbocycles. The smallest absolute Gasteiger partial charge is 0.475 e. The minimum atomic E-state index is -5.08. The zero-order chi connectivity index (χ0) is 34.7. The molecule has 0 spiro atoms.